The van der Waals surface area contributed by atoms with Gasteiger partial charge in [-0.2, -0.15) is 0 Å². The molecule has 2 aromatic carbocycles. The summed E-state index contributed by atoms with van der Waals surface area (Å²) in [6.07, 6.45) is 5.89. The number of hydrogen-bond acceptors (Lipinski definition) is 4. The zero-order valence-electron chi connectivity index (χ0n) is 19.3. The average Bonchev–Trinajstić information content (AvgIpc) is 3.61. The SMILES string of the molecule is CC1(C)O[C@@H](CC(=O)O)C[C@@H](/C=C/c2c(C3CC3)nc3ccccc3c2-c2ccc(F)cc2)O1. The summed E-state index contributed by atoms with van der Waals surface area (Å²) < 4.78 is 25.6. The van der Waals surface area contributed by atoms with E-state index in [0.717, 1.165) is 46.1 Å². The smallest absolute Gasteiger partial charge is 0.305 e. The molecule has 1 N–H and O–H groups in total. The molecule has 1 aromatic heterocycles. The molecule has 2 aliphatic rings. The fraction of sp³-hybridized carbons (Fsp3) is 0.357. The lowest BCUT2D eigenvalue weighted by Crippen LogP contribution is -2.44. The van der Waals surface area contributed by atoms with E-state index in [1.807, 2.05) is 42.5 Å². The highest BCUT2D eigenvalue weighted by Gasteiger charge is 2.36. The second kappa shape index (κ2) is 8.93. The molecule has 1 aliphatic carbocycles. The van der Waals surface area contributed by atoms with Gasteiger partial charge >= 0.3 is 5.97 Å². The Hall–Kier alpha value is -3.09. The number of fused-ring (bicyclic) bond motifs is 1. The topological polar surface area (TPSA) is 68.7 Å². The molecular formula is C28H28FNO4. The van der Waals surface area contributed by atoms with Crippen molar-refractivity contribution in [2.45, 2.75) is 63.4 Å². The lowest BCUT2D eigenvalue weighted by molar-refractivity contribution is -0.290. The maximum atomic E-state index is 13.7. The van der Waals surface area contributed by atoms with Crippen molar-refractivity contribution < 1.29 is 23.8 Å². The second-order valence-electron chi connectivity index (χ2n) is 9.57. The van der Waals surface area contributed by atoms with Crippen LogP contribution in [0.4, 0.5) is 4.39 Å². The van der Waals surface area contributed by atoms with Gasteiger partial charge in [0.2, 0.25) is 0 Å². The molecular weight excluding hydrogens is 433 g/mol. The van der Waals surface area contributed by atoms with Crippen LogP contribution < -0.4 is 0 Å². The Morgan fingerprint density at radius 2 is 1.88 bits per heavy atom. The Morgan fingerprint density at radius 3 is 2.59 bits per heavy atom. The number of aromatic nitrogens is 1. The Labute approximate surface area is 198 Å². The number of hydrogen-bond donors (Lipinski definition) is 1. The first-order valence-corrected chi connectivity index (χ1v) is 11.7. The molecule has 0 radical (unpaired) electrons. The third-order valence-electron chi connectivity index (χ3n) is 6.32. The molecule has 34 heavy (non-hydrogen) atoms. The minimum Gasteiger partial charge on any atom is -0.481 e. The fourth-order valence-electron chi connectivity index (χ4n) is 4.80. The van der Waals surface area contributed by atoms with E-state index in [1.54, 1.807) is 13.8 Å². The molecule has 2 heterocycles. The molecule has 2 fully saturated rings. The van der Waals surface area contributed by atoms with Crippen LogP contribution in [-0.4, -0.2) is 34.1 Å². The zero-order valence-corrected chi connectivity index (χ0v) is 19.3. The number of pyridine rings is 1. The summed E-state index contributed by atoms with van der Waals surface area (Å²) in [6.45, 7) is 3.61. The van der Waals surface area contributed by atoms with Gasteiger partial charge in [0.25, 0.3) is 0 Å². The number of nitrogens with zero attached hydrogens (tertiary/aromatic N) is 1. The van der Waals surface area contributed by atoms with Gasteiger partial charge in [0, 0.05) is 28.9 Å². The third kappa shape index (κ3) is 4.88. The van der Waals surface area contributed by atoms with E-state index in [0.29, 0.717) is 12.3 Å². The van der Waals surface area contributed by atoms with Crippen LogP contribution in [-0.2, 0) is 14.3 Å². The van der Waals surface area contributed by atoms with E-state index < -0.39 is 17.9 Å². The largest absolute Gasteiger partial charge is 0.481 e. The van der Waals surface area contributed by atoms with Crippen molar-refractivity contribution >= 4 is 22.9 Å². The van der Waals surface area contributed by atoms with Gasteiger partial charge < -0.3 is 14.6 Å². The number of halogens is 1. The normalized spacial score (nSPS) is 22.3. The highest BCUT2D eigenvalue weighted by molar-refractivity contribution is 5.99. The van der Waals surface area contributed by atoms with Gasteiger partial charge in [-0.1, -0.05) is 42.5 Å². The standard InChI is InChI=1S/C28H28FNO4/c1-28(2)33-20(15-21(34-28)16-25(31)32)13-14-23-26(17-9-11-19(29)12-10-17)22-5-3-4-6-24(22)30-27(23)18-7-8-18/h3-6,9-14,18,20-21H,7-8,15-16H2,1-2H3,(H,31,32)/b14-13+/t20-,21-/m1/s1. The van der Waals surface area contributed by atoms with E-state index in [-0.39, 0.29) is 18.3 Å². The van der Waals surface area contributed by atoms with Crippen molar-refractivity contribution in [1.29, 1.82) is 0 Å². The number of aliphatic carboxylic acids is 1. The Balaban J connectivity index is 1.60. The summed E-state index contributed by atoms with van der Waals surface area (Å²) in [6, 6.07) is 14.6. The van der Waals surface area contributed by atoms with Crippen LogP contribution in [0.15, 0.2) is 54.6 Å². The van der Waals surface area contributed by atoms with Gasteiger partial charge in [-0.25, -0.2) is 4.39 Å². The first-order chi connectivity index (χ1) is 16.3. The summed E-state index contributed by atoms with van der Waals surface area (Å²) >= 11 is 0. The van der Waals surface area contributed by atoms with E-state index in [1.165, 1.54) is 12.1 Å². The minimum absolute atomic E-state index is 0.0667. The quantitative estimate of drug-likeness (QED) is 0.465. The maximum Gasteiger partial charge on any atom is 0.305 e. The molecule has 1 saturated carbocycles. The molecule has 6 heteroatoms. The minimum atomic E-state index is -0.890. The van der Waals surface area contributed by atoms with Crippen LogP contribution in [0, 0.1) is 5.82 Å². The number of benzene rings is 2. The van der Waals surface area contributed by atoms with E-state index in [9.17, 15) is 14.3 Å². The van der Waals surface area contributed by atoms with Crippen molar-refractivity contribution in [3.8, 4) is 11.1 Å². The molecule has 1 saturated heterocycles. The van der Waals surface area contributed by atoms with E-state index >= 15 is 0 Å². The Bertz CT molecular complexity index is 1250. The van der Waals surface area contributed by atoms with E-state index in [2.05, 4.69) is 6.08 Å². The summed E-state index contributed by atoms with van der Waals surface area (Å²) in [5, 5.41) is 10.3. The predicted molar refractivity (Wildman–Crippen MR) is 129 cm³/mol. The molecule has 0 bridgehead atoms. The highest BCUT2D eigenvalue weighted by atomic mass is 19.1. The first-order valence-electron chi connectivity index (χ1n) is 11.7. The number of rotatable bonds is 6. The summed E-state index contributed by atoms with van der Waals surface area (Å²) in [5.41, 5.74) is 4.93. The van der Waals surface area contributed by atoms with Crippen molar-refractivity contribution in [3.05, 3.63) is 71.7 Å². The van der Waals surface area contributed by atoms with Crippen molar-refractivity contribution in [2.24, 2.45) is 0 Å². The van der Waals surface area contributed by atoms with Crippen molar-refractivity contribution in [1.82, 2.24) is 4.98 Å². The van der Waals surface area contributed by atoms with Gasteiger partial charge in [-0.05, 0) is 50.5 Å². The lowest BCUT2D eigenvalue weighted by Gasteiger charge is -2.39. The van der Waals surface area contributed by atoms with Crippen LogP contribution in [0.25, 0.3) is 28.1 Å². The first kappa shape index (κ1) is 22.7. The molecule has 0 amide bonds. The third-order valence-corrected chi connectivity index (χ3v) is 6.32. The monoisotopic (exact) mass is 461 g/mol. The molecule has 0 spiro atoms. The summed E-state index contributed by atoms with van der Waals surface area (Å²) in [5.74, 6) is -1.65. The second-order valence-corrected chi connectivity index (χ2v) is 9.57. The van der Waals surface area contributed by atoms with Crippen molar-refractivity contribution in [3.63, 3.8) is 0 Å². The Kier molecular flexibility index (Phi) is 5.96. The van der Waals surface area contributed by atoms with Crippen LogP contribution in [0.3, 0.4) is 0 Å². The maximum absolute atomic E-state index is 13.7. The molecule has 5 nitrogen and oxygen atoms in total. The molecule has 3 aromatic rings. The van der Waals surface area contributed by atoms with Gasteiger partial charge in [-0.15, -0.1) is 0 Å². The number of carbonyl (C=O) groups is 1. The zero-order chi connectivity index (χ0) is 23.9. The molecule has 0 unspecified atom stereocenters. The number of para-hydroxylation sites is 1. The lowest BCUT2D eigenvalue weighted by atomic mass is 9.92. The van der Waals surface area contributed by atoms with Crippen LogP contribution in [0.5, 0.6) is 0 Å². The van der Waals surface area contributed by atoms with Gasteiger partial charge in [-0.3, -0.25) is 9.78 Å². The summed E-state index contributed by atoms with van der Waals surface area (Å²) in [7, 11) is 0. The fourth-order valence-corrected chi connectivity index (χ4v) is 4.80. The molecule has 1 aliphatic heterocycles. The van der Waals surface area contributed by atoms with Gasteiger partial charge in [0.1, 0.15) is 5.82 Å². The van der Waals surface area contributed by atoms with Gasteiger partial charge in [0.05, 0.1) is 29.8 Å². The number of carboxylic acids is 1. The highest BCUT2D eigenvalue weighted by Crippen LogP contribution is 2.45. The number of carboxylic acid groups (broad SMARTS) is 1. The number of ether oxygens (including phenoxy) is 2. The molecule has 5 rings (SSSR count). The Morgan fingerprint density at radius 1 is 1.15 bits per heavy atom. The predicted octanol–water partition coefficient (Wildman–Crippen LogP) is 6.32. The summed E-state index contributed by atoms with van der Waals surface area (Å²) in [4.78, 5) is 16.3. The molecule has 176 valence electrons. The van der Waals surface area contributed by atoms with Crippen molar-refractivity contribution in [2.75, 3.05) is 0 Å². The molecule has 2 atom stereocenters. The van der Waals surface area contributed by atoms with Crippen LogP contribution in [0.2, 0.25) is 0 Å². The van der Waals surface area contributed by atoms with Crippen LogP contribution in [0.1, 0.15) is 56.7 Å². The average molecular weight is 462 g/mol. The van der Waals surface area contributed by atoms with Crippen LogP contribution >= 0.6 is 0 Å². The van der Waals surface area contributed by atoms with Gasteiger partial charge in [0.15, 0.2) is 5.79 Å². The van der Waals surface area contributed by atoms with E-state index in [4.69, 9.17) is 14.5 Å².